The van der Waals surface area contributed by atoms with Crippen LogP contribution in [-0.2, 0) is 16.1 Å². The van der Waals surface area contributed by atoms with Crippen molar-refractivity contribution in [3.63, 3.8) is 0 Å². The molecular weight excluding hydrogens is 254 g/mol. The maximum atomic E-state index is 11.8. The number of benzene rings is 1. The maximum Gasteiger partial charge on any atom is 0.322 e. The molecule has 0 aliphatic heterocycles. The molecule has 5 nitrogen and oxygen atoms in total. The molecule has 1 aromatic heterocycles. The fourth-order valence-corrected chi connectivity index (χ4v) is 2.27. The van der Waals surface area contributed by atoms with Gasteiger partial charge >= 0.3 is 5.97 Å². The minimum Gasteiger partial charge on any atom is -0.468 e. The Morgan fingerprint density at radius 3 is 2.85 bits per heavy atom. The number of methoxy groups -OCH3 is 1. The van der Waals surface area contributed by atoms with Gasteiger partial charge in [-0.1, -0.05) is 26.0 Å². The van der Waals surface area contributed by atoms with Gasteiger partial charge in [-0.05, 0) is 18.6 Å². The van der Waals surface area contributed by atoms with E-state index in [0.717, 1.165) is 17.6 Å². The van der Waals surface area contributed by atoms with Crippen molar-refractivity contribution >= 4 is 17.0 Å². The molecule has 0 amide bonds. The van der Waals surface area contributed by atoms with Gasteiger partial charge in [-0.15, -0.1) is 0 Å². The molecule has 0 radical (unpaired) electrons. The second-order valence-corrected chi connectivity index (χ2v) is 5.11. The van der Waals surface area contributed by atoms with Crippen LogP contribution in [0.25, 0.3) is 11.0 Å². The van der Waals surface area contributed by atoms with Gasteiger partial charge in [0.25, 0.3) is 0 Å². The Morgan fingerprint density at radius 2 is 2.15 bits per heavy atom. The molecule has 0 aliphatic carbocycles. The molecule has 0 saturated heterocycles. The van der Waals surface area contributed by atoms with Crippen molar-refractivity contribution in [3.05, 3.63) is 30.6 Å². The predicted octanol–water partition coefficient (Wildman–Crippen LogP) is 1.97. The second kappa shape index (κ2) is 6.52. The molecule has 0 aliphatic rings. The zero-order valence-electron chi connectivity index (χ0n) is 12.2. The molecule has 0 bridgehead atoms. The first-order chi connectivity index (χ1) is 9.61. The number of carbonyl (C=O) groups is 1. The van der Waals surface area contributed by atoms with E-state index >= 15 is 0 Å². The van der Waals surface area contributed by atoms with E-state index in [9.17, 15) is 4.79 Å². The molecule has 1 atom stereocenters. The molecule has 20 heavy (non-hydrogen) atoms. The van der Waals surface area contributed by atoms with Gasteiger partial charge in [0.05, 0.1) is 24.5 Å². The van der Waals surface area contributed by atoms with Crippen molar-refractivity contribution in [1.29, 1.82) is 0 Å². The van der Waals surface area contributed by atoms with Crippen molar-refractivity contribution in [2.75, 3.05) is 7.11 Å². The summed E-state index contributed by atoms with van der Waals surface area (Å²) in [5.74, 6) is -0.219. The highest BCUT2D eigenvalue weighted by molar-refractivity contribution is 5.76. The average molecular weight is 275 g/mol. The highest BCUT2D eigenvalue weighted by Crippen LogP contribution is 2.13. The van der Waals surface area contributed by atoms with Gasteiger partial charge < -0.3 is 14.6 Å². The summed E-state index contributed by atoms with van der Waals surface area (Å²) < 4.78 is 6.91. The first-order valence-corrected chi connectivity index (χ1v) is 6.85. The molecular formula is C15H21N3O2. The Bertz CT molecular complexity index is 577. The summed E-state index contributed by atoms with van der Waals surface area (Å²) in [5, 5.41) is 3.23. The summed E-state index contributed by atoms with van der Waals surface area (Å²) in [6.45, 7) is 4.76. The Labute approximate surface area is 118 Å². The topological polar surface area (TPSA) is 56.2 Å². The number of hydrogen-bond acceptors (Lipinski definition) is 4. The number of para-hydroxylation sites is 2. The quantitative estimate of drug-likeness (QED) is 0.819. The third-order valence-electron chi connectivity index (χ3n) is 3.21. The van der Waals surface area contributed by atoms with Crippen LogP contribution in [0.15, 0.2) is 30.6 Å². The highest BCUT2D eigenvalue weighted by Gasteiger charge is 2.19. The first kappa shape index (κ1) is 14.5. The van der Waals surface area contributed by atoms with Gasteiger partial charge in [-0.25, -0.2) is 4.98 Å². The number of aromatic nitrogens is 2. The van der Waals surface area contributed by atoms with Crippen LogP contribution in [0.3, 0.4) is 0 Å². The van der Waals surface area contributed by atoms with Crippen LogP contribution < -0.4 is 5.32 Å². The monoisotopic (exact) mass is 275 g/mol. The number of nitrogens with one attached hydrogen (secondary N) is 1. The van der Waals surface area contributed by atoms with Gasteiger partial charge in [-0.3, -0.25) is 4.79 Å². The van der Waals surface area contributed by atoms with E-state index in [1.165, 1.54) is 7.11 Å². The summed E-state index contributed by atoms with van der Waals surface area (Å²) in [7, 11) is 1.42. The molecule has 1 heterocycles. The normalized spacial score (nSPS) is 12.8. The van der Waals surface area contributed by atoms with E-state index in [1.54, 1.807) is 0 Å². The number of carbonyl (C=O) groups excluding carboxylic acids is 1. The number of fused-ring (bicyclic) bond motifs is 1. The first-order valence-electron chi connectivity index (χ1n) is 6.85. The number of rotatable bonds is 6. The summed E-state index contributed by atoms with van der Waals surface area (Å²) in [6, 6.07) is 7.92. The number of imidazole rings is 1. The van der Waals surface area contributed by atoms with E-state index in [0.29, 0.717) is 6.42 Å². The van der Waals surface area contributed by atoms with E-state index in [1.807, 2.05) is 44.4 Å². The van der Waals surface area contributed by atoms with Gasteiger partial charge in [0.15, 0.2) is 0 Å². The fourth-order valence-electron chi connectivity index (χ4n) is 2.27. The molecule has 5 heteroatoms. The third kappa shape index (κ3) is 3.36. The Kier molecular flexibility index (Phi) is 4.74. The van der Waals surface area contributed by atoms with E-state index in [2.05, 4.69) is 14.9 Å². The van der Waals surface area contributed by atoms with Gasteiger partial charge in [-0.2, -0.15) is 0 Å². The van der Waals surface area contributed by atoms with Crippen molar-refractivity contribution < 1.29 is 9.53 Å². The highest BCUT2D eigenvalue weighted by atomic mass is 16.5. The molecule has 1 aromatic carbocycles. The predicted molar refractivity (Wildman–Crippen MR) is 78.4 cm³/mol. The molecule has 2 rings (SSSR count). The minimum atomic E-state index is -0.291. The zero-order valence-corrected chi connectivity index (χ0v) is 12.2. The minimum absolute atomic E-state index is 0.219. The van der Waals surface area contributed by atoms with Gasteiger partial charge in [0.2, 0.25) is 0 Å². The average Bonchev–Trinajstić information content (AvgIpc) is 2.85. The van der Waals surface area contributed by atoms with Crippen molar-refractivity contribution in [2.24, 2.45) is 0 Å². The van der Waals surface area contributed by atoms with E-state index in [-0.39, 0.29) is 18.1 Å². The number of ether oxygens (including phenoxy) is 1. The van der Waals surface area contributed by atoms with Crippen LogP contribution in [0.2, 0.25) is 0 Å². The Balaban J connectivity index is 2.06. The van der Waals surface area contributed by atoms with Crippen LogP contribution >= 0.6 is 0 Å². The van der Waals surface area contributed by atoms with E-state index in [4.69, 9.17) is 4.74 Å². The lowest BCUT2D eigenvalue weighted by Gasteiger charge is -2.19. The van der Waals surface area contributed by atoms with Gasteiger partial charge in [0.1, 0.15) is 6.04 Å². The van der Waals surface area contributed by atoms with Crippen molar-refractivity contribution in [2.45, 2.75) is 38.9 Å². The Hall–Kier alpha value is -1.88. The lowest BCUT2D eigenvalue weighted by Crippen LogP contribution is -2.42. The molecule has 2 aromatic rings. The maximum absolute atomic E-state index is 11.8. The van der Waals surface area contributed by atoms with Crippen LogP contribution in [-0.4, -0.2) is 34.7 Å². The number of hydrogen-bond donors (Lipinski definition) is 1. The van der Waals surface area contributed by atoms with Gasteiger partial charge in [0, 0.05) is 12.6 Å². The Morgan fingerprint density at radius 1 is 1.40 bits per heavy atom. The summed E-state index contributed by atoms with van der Waals surface area (Å²) in [6.07, 6.45) is 2.49. The molecule has 0 spiro atoms. The summed E-state index contributed by atoms with van der Waals surface area (Å²) >= 11 is 0. The fraction of sp³-hybridized carbons (Fsp3) is 0.467. The smallest absolute Gasteiger partial charge is 0.322 e. The largest absolute Gasteiger partial charge is 0.468 e. The molecule has 1 N–H and O–H groups in total. The molecule has 0 fully saturated rings. The van der Waals surface area contributed by atoms with Crippen LogP contribution in [0, 0.1) is 0 Å². The number of esters is 1. The van der Waals surface area contributed by atoms with Crippen LogP contribution in [0.4, 0.5) is 0 Å². The van der Waals surface area contributed by atoms with E-state index < -0.39 is 0 Å². The van der Waals surface area contributed by atoms with Crippen molar-refractivity contribution in [1.82, 2.24) is 14.9 Å². The standard InChI is InChI=1S/C15H21N3O2/c1-11(2)17-13(15(19)20-3)8-9-18-10-16-12-6-4-5-7-14(12)18/h4-7,10-11,13,17H,8-9H2,1-3H3. The number of aryl methyl sites for hydroxylation is 1. The van der Waals surface area contributed by atoms with Crippen LogP contribution in [0.5, 0.6) is 0 Å². The lowest BCUT2D eigenvalue weighted by atomic mass is 10.2. The second-order valence-electron chi connectivity index (χ2n) is 5.11. The lowest BCUT2D eigenvalue weighted by molar-refractivity contribution is -0.143. The summed E-state index contributed by atoms with van der Waals surface area (Å²) in [4.78, 5) is 16.1. The SMILES string of the molecule is COC(=O)C(CCn1cnc2ccccc21)NC(C)C. The zero-order chi connectivity index (χ0) is 14.5. The number of nitrogens with zero attached hydrogens (tertiary/aromatic N) is 2. The summed E-state index contributed by atoms with van der Waals surface area (Å²) in [5.41, 5.74) is 2.06. The molecule has 0 saturated carbocycles. The molecule has 108 valence electrons. The van der Waals surface area contributed by atoms with Crippen molar-refractivity contribution in [3.8, 4) is 0 Å². The van der Waals surface area contributed by atoms with Crippen LogP contribution in [0.1, 0.15) is 20.3 Å². The third-order valence-corrected chi connectivity index (χ3v) is 3.21. The molecule has 1 unspecified atom stereocenters.